The van der Waals surface area contributed by atoms with Crippen molar-refractivity contribution in [1.29, 1.82) is 0 Å². The van der Waals surface area contributed by atoms with Crippen LogP contribution in [0.3, 0.4) is 0 Å². The Morgan fingerprint density at radius 2 is 2.06 bits per heavy atom. The van der Waals surface area contributed by atoms with E-state index in [2.05, 4.69) is 9.88 Å². The van der Waals surface area contributed by atoms with Crippen molar-refractivity contribution in [2.75, 3.05) is 18.0 Å². The molecule has 0 saturated carbocycles. The molecule has 0 N–H and O–H groups in total. The molecular formula is C12H14N2O2. The predicted octanol–water partition coefficient (Wildman–Crippen LogP) is 1.26. The summed E-state index contributed by atoms with van der Waals surface area (Å²) in [5.41, 5.74) is 0.625. The summed E-state index contributed by atoms with van der Waals surface area (Å²) in [6, 6.07) is 3.72. The van der Waals surface area contributed by atoms with Gasteiger partial charge in [-0.3, -0.25) is 4.79 Å². The SMILES string of the molecule is O=Cc1ccc(N2CC3CCC(C2)O3)nc1. The first-order valence-electron chi connectivity index (χ1n) is 5.67. The number of morpholine rings is 1. The van der Waals surface area contributed by atoms with Gasteiger partial charge in [0.15, 0.2) is 6.29 Å². The maximum Gasteiger partial charge on any atom is 0.151 e. The minimum Gasteiger partial charge on any atom is -0.371 e. The molecule has 3 heterocycles. The molecule has 3 rings (SSSR count). The van der Waals surface area contributed by atoms with Gasteiger partial charge in [-0.2, -0.15) is 0 Å². The molecular weight excluding hydrogens is 204 g/mol. The van der Waals surface area contributed by atoms with Gasteiger partial charge in [-0.05, 0) is 25.0 Å². The number of anilines is 1. The second-order valence-corrected chi connectivity index (χ2v) is 4.43. The molecule has 0 spiro atoms. The van der Waals surface area contributed by atoms with Crippen LogP contribution in [0.15, 0.2) is 18.3 Å². The summed E-state index contributed by atoms with van der Waals surface area (Å²) < 4.78 is 5.77. The number of pyridine rings is 1. The zero-order chi connectivity index (χ0) is 11.0. The number of hydrogen-bond acceptors (Lipinski definition) is 4. The number of carbonyl (C=O) groups excluding carboxylic acids is 1. The smallest absolute Gasteiger partial charge is 0.151 e. The quantitative estimate of drug-likeness (QED) is 0.701. The van der Waals surface area contributed by atoms with Gasteiger partial charge in [0.1, 0.15) is 5.82 Å². The van der Waals surface area contributed by atoms with Crippen LogP contribution in [0.2, 0.25) is 0 Å². The summed E-state index contributed by atoms with van der Waals surface area (Å²) in [5, 5.41) is 0. The van der Waals surface area contributed by atoms with E-state index >= 15 is 0 Å². The predicted molar refractivity (Wildman–Crippen MR) is 59.7 cm³/mol. The molecule has 2 atom stereocenters. The highest BCUT2D eigenvalue weighted by atomic mass is 16.5. The van der Waals surface area contributed by atoms with E-state index in [1.165, 1.54) is 0 Å². The minimum atomic E-state index is 0.367. The fourth-order valence-corrected chi connectivity index (χ4v) is 2.46. The van der Waals surface area contributed by atoms with Gasteiger partial charge in [-0.1, -0.05) is 0 Å². The average molecular weight is 218 g/mol. The fourth-order valence-electron chi connectivity index (χ4n) is 2.46. The lowest BCUT2D eigenvalue weighted by Crippen LogP contribution is -2.43. The highest BCUT2D eigenvalue weighted by molar-refractivity contribution is 5.74. The van der Waals surface area contributed by atoms with E-state index in [1.807, 2.05) is 12.1 Å². The second kappa shape index (κ2) is 3.87. The largest absolute Gasteiger partial charge is 0.371 e. The molecule has 16 heavy (non-hydrogen) atoms. The number of rotatable bonds is 2. The Morgan fingerprint density at radius 3 is 2.62 bits per heavy atom. The van der Waals surface area contributed by atoms with Gasteiger partial charge >= 0.3 is 0 Å². The standard InChI is InChI=1S/C12H14N2O2/c15-8-9-1-4-12(13-5-9)14-6-10-2-3-11(7-14)16-10/h1,4-5,8,10-11H,2-3,6-7H2. The summed E-state index contributed by atoms with van der Waals surface area (Å²) in [4.78, 5) is 17.1. The summed E-state index contributed by atoms with van der Waals surface area (Å²) in [7, 11) is 0. The molecule has 2 unspecified atom stereocenters. The van der Waals surface area contributed by atoms with Crippen molar-refractivity contribution in [3.05, 3.63) is 23.9 Å². The first-order valence-corrected chi connectivity index (χ1v) is 5.67. The molecule has 0 aliphatic carbocycles. The molecule has 84 valence electrons. The Hall–Kier alpha value is -1.42. The van der Waals surface area contributed by atoms with Crippen LogP contribution in [-0.2, 0) is 4.74 Å². The van der Waals surface area contributed by atoms with E-state index in [0.717, 1.165) is 38.0 Å². The summed E-state index contributed by atoms with van der Waals surface area (Å²) in [5.74, 6) is 0.950. The van der Waals surface area contributed by atoms with E-state index in [1.54, 1.807) is 6.20 Å². The van der Waals surface area contributed by atoms with Crippen LogP contribution in [-0.4, -0.2) is 36.6 Å². The van der Waals surface area contributed by atoms with E-state index in [4.69, 9.17) is 4.74 Å². The highest BCUT2D eigenvalue weighted by Crippen LogP contribution is 2.28. The van der Waals surface area contributed by atoms with E-state index in [9.17, 15) is 4.79 Å². The number of nitrogens with zero attached hydrogens (tertiary/aromatic N) is 2. The number of hydrogen-bond donors (Lipinski definition) is 0. The second-order valence-electron chi connectivity index (χ2n) is 4.43. The molecule has 2 aliphatic rings. The molecule has 2 bridgehead atoms. The van der Waals surface area contributed by atoms with Gasteiger partial charge in [-0.25, -0.2) is 4.98 Å². The maximum absolute atomic E-state index is 10.5. The van der Waals surface area contributed by atoms with Crippen molar-refractivity contribution < 1.29 is 9.53 Å². The number of aldehydes is 1. The molecule has 0 aromatic carbocycles. The first kappa shape index (κ1) is 9.78. The lowest BCUT2D eigenvalue weighted by Gasteiger charge is -2.32. The molecule has 4 nitrogen and oxygen atoms in total. The Morgan fingerprint density at radius 1 is 1.31 bits per heavy atom. The van der Waals surface area contributed by atoms with Crippen LogP contribution >= 0.6 is 0 Å². The number of ether oxygens (including phenoxy) is 1. The average Bonchev–Trinajstić information content (AvgIpc) is 2.68. The van der Waals surface area contributed by atoms with Gasteiger partial charge in [-0.15, -0.1) is 0 Å². The molecule has 1 aromatic rings. The lowest BCUT2D eigenvalue weighted by molar-refractivity contribution is 0.0302. The van der Waals surface area contributed by atoms with E-state index in [-0.39, 0.29) is 0 Å². The van der Waals surface area contributed by atoms with Crippen LogP contribution in [0.1, 0.15) is 23.2 Å². The molecule has 2 saturated heterocycles. The lowest BCUT2D eigenvalue weighted by atomic mass is 10.2. The molecule has 0 radical (unpaired) electrons. The summed E-state index contributed by atoms with van der Waals surface area (Å²) >= 11 is 0. The van der Waals surface area contributed by atoms with Gasteiger partial charge in [0.25, 0.3) is 0 Å². The van der Waals surface area contributed by atoms with E-state index < -0.39 is 0 Å². The van der Waals surface area contributed by atoms with Gasteiger partial charge < -0.3 is 9.64 Å². The van der Waals surface area contributed by atoms with Crippen molar-refractivity contribution in [3.63, 3.8) is 0 Å². The Labute approximate surface area is 94.2 Å². The van der Waals surface area contributed by atoms with Crippen LogP contribution in [0.5, 0.6) is 0 Å². The monoisotopic (exact) mass is 218 g/mol. The van der Waals surface area contributed by atoms with Gasteiger partial charge in [0.05, 0.1) is 12.2 Å². The zero-order valence-corrected chi connectivity index (χ0v) is 9.00. The van der Waals surface area contributed by atoms with Gasteiger partial charge in [0.2, 0.25) is 0 Å². The van der Waals surface area contributed by atoms with Crippen molar-refractivity contribution in [3.8, 4) is 0 Å². The Balaban J connectivity index is 1.78. The van der Waals surface area contributed by atoms with E-state index in [0.29, 0.717) is 17.8 Å². The van der Waals surface area contributed by atoms with Crippen molar-refractivity contribution in [1.82, 2.24) is 4.98 Å². The molecule has 2 aliphatic heterocycles. The molecule has 0 amide bonds. The maximum atomic E-state index is 10.5. The normalized spacial score (nSPS) is 28.1. The fraction of sp³-hybridized carbons (Fsp3) is 0.500. The molecule has 1 aromatic heterocycles. The third kappa shape index (κ3) is 1.69. The summed E-state index contributed by atoms with van der Waals surface area (Å²) in [6.45, 7) is 1.84. The molecule has 2 fully saturated rings. The van der Waals surface area contributed by atoms with Crippen LogP contribution in [0.4, 0.5) is 5.82 Å². The third-order valence-electron chi connectivity index (χ3n) is 3.27. The topological polar surface area (TPSA) is 42.4 Å². The van der Waals surface area contributed by atoms with Crippen LogP contribution < -0.4 is 4.90 Å². The van der Waals surface area contributed by atoms with Crippen LogP contribution in [0, 0.1) is 0 Å². The Kier molecular flexibility index (Phi) is 2.36. The Bertz CT molecular complexity index is 379. The third-order valence-corrected chi connectivity index (χ3v) is 3.27. The number of fused-ring (bicyclic) bond motifs is 2. The zero-order valence-electron chi connectivity index (χ0n) is 9.00. The van der Waals surface area contributed by atoms with Crippen molar-refractivity contribution >= 4 is 12.1 Å². The highest BCUT2D eigenvalue weighted by Gasteiger charge is 2.34. The van der Waals surface area contributed by atoms with Crippen LogP contribution in [0.25, 0.3) is 0 Å². The van der Waals surface area contributed by atoms with Gasteiger partial charge in [0, 0.05) is 24.8 Å². The summed E-state index contributed by atoms with van der Waals surface area (Å²) in [6.07, 6.45) is 5.50. The first-order chi connectivity index (χ1) is 7.85. The van der Waals surface area contributed by atoms with Crippen molar-refractivity contribution in [2.24, 2.45) is 0 Å². The molecule has 4 heteroatoms. The number of carbonyl (C=O) groups is 1. The minimum absolute atomic E-state index is 0.367. The number of aromatic nitrogens is 1. The van der Waals surface area contributed by atoms with Crippen molar-refractivity contribution in [2.45, 2.75) is 25.0 Å².